The molecule has 0 radical (unpaired) electrons. The van der Waals surface area contributed by atoms with E-state index in [1.165, 1.54) is 11.8 Å². The fraction of sp³-hybridized carbons (Fsp3) is 0.0833. The zero-order valence-corrected chi connectivity index (χ0v) is 12.5. The van der Waals surface area contributed by atoms with Gasteiger partial charge in [-0.3, -0.25) is 4.79 Å². The third-order valence-corrected chi connectivity index (χ3v) is 3.98. The van der Waals surface area contributed by atoms with Crippen LogP contribution in [0, 0.1) is 0 Å². The summed E-state index contributed by atoms with van der Waals surface area (Å²) in [4.78, 5) is 19.8. The van der Waals surface area contributed by atoms with Crippen LogP contribution < -0.4 is 0 Å². The SMILES string of the molecule is O=Cc1c(Cl)nc(CSc2cccc(Cl)c2)nc1Cl. The van der Waals surface area contributed by atoms with Gasteiger partial charge in [0.25, 0.3) is 0 Å². The molecule has 0 aliphatic carbocycles. The van der Waals surface area contributed by atoms with Crippen molar-refractivity contribution >= 4 is 52.9 Å². The summed E-state index contributed by atoms with van der Waals surface area (Å²) in [6, 6.07) is 7.43. The minimum atomic E-state index is 0.0664. The summed E-state index contributed by atoms with van der Waals surface area (Å²) in [5, 5.41) is 0.798. The number of halogens is 3. The fourth-order valence-electron chi connectivity index (χ4n) is 1.32. The van der Waals surface area contributed by atoms with Gasteiger partial charge in [0.05, 0.1) is 11.3 Å². The van der Waals surface area contributed by atoms with Crippen molar-refractivity contribution in [3.8, 4) is 0 Å². The predicted molar refractivity (Wildman–Crippen MR) is 78.5 cm³/mol. The molecule has 0 bridgehead atoms. The molecule has 0 unspecified atom stereocenters. The first kappa shape index (κ1) is 14.6. The molecule has 2 rings (SSSR count). The maximum atomic E-state index is 10.7. The molecular weight excluding hydrogens is 327 g/mol. The van der Waals surface area contributed by atoms with Gasteiger partial charge in [-0.05, 0) is 18.2 Å². The lowest BCUT2D eigenvalue weighted by molar-refractivity contribution is 0.112. The Kier molecular flexibility index (Phi) is 5.05. The van der Waals surface area contributed by atoms with Crippen molar-refractivity contribution < 1.29 is 4.79 Å². The average molecular weight is 334 g/mol. The van der Waals surface area contributed by atoms with E-state index in [0.29, 0.717) is 22.9 Å². The number of thioether (sulfide) groups is 1. The number of aldehydes is 1. The van der Waals surface area contributed by atoms with Gasteiger partial charge >= 0.3 is 0 Å². The highest BCUT2D eigenvalue weighted by atomic mass is 35.5. The molecule has 0 spiro atoms. The number of carbonyl (C=O) groups is 1. The monoisotopic (exact) mass is 332 g/mol. The first-order valence-electron chi connectivity index (χ1n) is 5.15. The third-order valence-electron chi connectivity index (χ3n) is 2.18. The molecule has 1 heterocycles. The Hall–Kier alpha value is -0.810. The second kappa shape index (κ2) is 6.57. The van der Waals surface area contributed by atoms with Crippen molar-refractivity contribution in [2.24, 2.45) is 0 Å². The Labute approximate surface area is 129 Å². The minimum absolute atomic E-state index is 0.0664. The summed E-state index contributed by atoms with van der Waals surface area (Å²) < 4.78 is 0. The zero-order chi connectivity index (χ0) is 13.8. The van der Waals surface area contributed by atoms with E-state index in [9.17, 15) is 4.79 Å². The van der Waals surface area contributed by atoms with Crippen molar-refractivity contribution in [3.63, 3.8) is 0 Å². The number of rotatable bonds is 4. The normalized spacial score (nSPS) is 10.5. The number of nitrogens with zero attached hydrogens (tertiary/aromatic N) is 2. The second-order valence-corrected chi connectivity index (χ2v) is 5.70. The van der Waals surface area contributed by atoms with Crippen molar-refractivity contribution in [3.05, 3.63) is 51.0 Å². The van der Waals surface area contributed by atoms with Crippen LogP contribution in [0.1, 0.15) is 16.2 Å². The number of aromatic nitrogens is 2. The van der Waals surface area contributed by atoms with E-state index in [0.717, 1.165) is 4.90 Å². The molecule has 1 aromatic carbocycles. The van der Waals surface area contributed by atoms with Crippen molar-refractivity contribution in [2.75, 3.05) is 0 Å². The maximum absolute atomic E-state index is 10.7. The maximum Gasteiger partial charge on any atom is 0.156 e. The Balaban J connectivity index is 2.14. The van der Waals surface area contributed by atoms with Crippen LogP contribution in [0.25, 0.3) is 0 Å². The standard InChI is InChI=1S/C12H7Cl3N2OS/c13-7-2-1-3-8(4-7)19-6-10-16-11(14)9(5-18)12(15)17-10/h1-5H,6H2. The number of benzene rings is 1. The predicted octanol–water partition coefficient (Wildman–Crippen LogP) is 4.54. The highest BCUT2D eigenvalue weighted by Gasteiger charge is 2.11. The van der Waals surface area contributed by atoms with Gasteiger partial charge in [0.15, 0.2) is 6.29 Å². The summed E-state index contributed by atoms with van der Waals surface area (Å²) in [5.41, 5.74) is 0.111. The fourth-order valence-corrected chi connectivity index (χ4v) is 2.90. The summed E-state index contributed by atoms with van der Waals surface area (Å²) in [6.45, 7) is 0. The molecule has 0 aliphatic rings. The van der Waals surface area contributed by atoms with Crippen LogP contribution in [-0.4, -0.2) is 16.3 Å². The topological polar surface area (TPSA) is 42.9 Å². The average Bonchev–Trinajstić information content (AvgIpc) is 2.36. The molecular formula is C12H7Cl3N2OS. The number of hydrogen-bond acceptors (Lipinski definition) is 4. The first-order chi connectivity index (χ1) is 9.10. The van der Waals surface area contributed by atoms with Gasteiger partial charge < -0.3 is 0 Å². The van der Waals surface area contributed by atoms with Crippen molar-refractivity contribution in [2.45, 2.75) is 10.6 Å². The van der Waals surface area contributed by atoms with Crippen LogP contribution in [0.3, 0.4) is 0 Å². The van der Waals surface area contributed by atoms with Crippen LogP contribution in [0.4, 0.5) is 0 Å². The largest absolute Gasteiger partial charge is 0.298 e. The zero-order valence-electron chi connectivity index (χ0n) is 9.44. The van der Waals surface area contributed by atoms with Crippen LogP contribution in [0.15, 0.2) is 29.2 Å². The van der Waals surface area contributed by atoms with Crippen LogP contribution in [0.2, 0.25) is 15.3 Å². The van der Waals surface area contributed by atoms with Crippen molar-refractivity contribution in [1.29, 1.82) is 0 Å². The summed E-state index contributed by atoms with van der Waals surface area (Å²) in [5.74, 6) is 0.949. The van der Waals surface area contributed by atoms with E-state index in [4.69, 9.17) is 34.8 Å². The van der Waals surface area contributed by atoms with E-state index >= 15 is 0 Å². The van der Waals surface area contributed by atoms with Crippen LogP contribution >= 0.6 is 46.6 Å². The molecule has 3 nitrogen and oxygen atoms in total. The summed E-state index contributed by atoms with van der Waals surface area (Å²) in [6.07, 6.45) is 0.540. The summed E-state index contributed by atoms with van der Waals surface area (Å²) >= 11 is 19.1. The van der Waals surface area contributed by atoms with Crippen molar-refractivity contribution in [1.82, 2.24) is 9.97 Å². The van der Waals surface area contributed by atoms with E-state index < -0.39 is 0 Å². The van der Waals surface area contributed by atoms with Gasteiger partial charge in [0.2, 0.25) is 0 Å². The molecule has 2 aromatic rings. The molecule has 98 valence electrons. The lowest BCUT2D eigenvalue weighted by atomic mass is 10.4. The Bertz CT molecular complexity index is 599. The Morgan fingerprint density at radius 3 is 2.42 bits per heavy atom. The summed E-state index contributed by atoms with van der Waals surface area (Å²) in [7, 11) is 0. The number of carbonyl (C=O) groups excluding carboxylic acids is 1. The highest BCUT2D eigenvalue weighted by Crippen LogP contribution is 2.26. The van der Waals surface area contributed by atoms with E-state index in [1.807, 2.05) is 18.2 Å². The minimum Gasteiger partial charge on any atom is -0.298 e. The van der Waals surface area contributed by atoms with Crippen LogP contribution in [-0.2, 0) is 5.75 Å². The second-order valence-electron chi connectivity index (χ2n) is 3.50. The van der Waals surface area contributed by atoms with Gasteiger partial charge in [0.1, 0.15) is 16.1 Å². The molecule has 0 amide bonds. The van der Waals surface area contributed by atoms with E-state index in [2.05, 4.69) is 9.97 Å². The van der Waals surface area contributed by atoms with Gasteiger partial charge in [-0.2, -0.15) is 0 Å². The highest BCUT2D eigenvalue weighted by molar-refractivity contribution is 7.98. The molecule has 0 saturated heterocycles. The quantitative estimate of drug-likeness (QED) is 0.468. The molecule has 0 fully saturated rings. The van der Waals surface area contributed by atoms with Crippen LogP contribution in [0.5, 0.6) is 0 Å². The van der Waals surface area contributed by atoms with Gasteiger partial charge in [-0.15, -0.1) is 11.8 Å². The third kappa shape index (κ3) is 3.83. The molecule has 0 saturated carbocycles. The van der Waals surface area contributed by atoms with Gasteiger partial charge in [0, 0.05) is 9.92 Å². The first-order valence-corrected chi connectivity index (χ1v) is 7.27. The molecule has 0 aliphatic heterocycles. The van der Waals surface area contributed by atoms with E-state index in [1.54, 1.807) is 6.07 Å². The Morgan fingerprint density at radius 2 is 1.84 bits per heavy atom. The van der Waals surface area contributed by atoms with E-state index in [-0.39, 0.29) is 15.9 Å². The smallest absolute Gasteiger partial charge is 0.156 e. The molecule has 1 aromatic heterocycles. The molecule has 0 N–H and O–H groups in total. The lowest BCUT2D eigenvalue weighted by Gasteiger charge is -2.04. The lowest BCUT2D eigenvalue weighted by Crippen LogP contribution is -1.98. The van der Waals surface area contributed by atoms with Gasteiger partial charge in [-0.25, -0.2) is 9.97 Å². The molecule has 7 heteroatoms. The Morgan fingerprint density at radius 1 is 1.16 bits per heavy atom. The van der Waals surface area contributed by atoms with Gasteiger partial charge in [-0.1, -0.05) is 40.9 Å². The molecule has 19 heavy (non-hydrogen) atoms. The molecule has 0 atom stereocenters. The number of hydrogen-bond donors (Lipinski definition) is 0.